The van der Waals surface area contributed by atoms with Crippen LogP contribution in [-0.2, 0) is 12.8 Å². The van der Waals surface area contributed by atoms with Gasteiger partial charge in [-0.3, -0.25) is 10.4 Å². The van der Waals surface area contributed by atoms with Gasteiger partial charge in [0.05, 0.1) is 22.6 Å². The highest BCUT2D eigenvalue weighted by atomic mass is 15.3. The summed E-state index contributed by atoms with van der Waals surface area (Å²) in [5.41, 5.74) is 11.1. The van der Waals surface area contributed by atoms with Gasteiger partial charge in [-0.15, -0.1) is 0 Å². The van der Waals surface area contributed by atoms with Crippen LogP contribution in [0.25, 0.3) is 5.69 Å². The molecule has 20 heavy (non-hydrogen) atoms. The summed E-state index contributed by atoms with van der Waals surface area (Å²) in [6.45, 7) is 8.00. The molecular formula is C15H21N5. The lowest BCUT2D eigenvalue weighted by atomic mass is 10.1. The highest BCUT2D eigenvalue weighted by Gasteiger charge is 2.16. The Labute approximate surface area is 119 Å². The van der Waals surface area contributed by atoms with E-state index in [2.05, 4.69) is 30.0 Å². The molecular weight excluding hydrogens is 250 g/mol. The highest BCUT2D eigenvalue weighted by molar-refractivity contribution is 5.99. The van der Waals surface area contributed by atoms with Gasteiger partial charge in [0, 0.05) is 11.4 Å². The molecule has 0 radical (unpaired) electrons. The maximum absolute atomic E-state index is 7.81. The van der Waals surface area contributed by atoms with Gasteiger partial charge in [-0.25, -0.2) is 4.68 Å². The zero-order valence-electron chi connectivity index (χ0n) is 12.5. The topological polar surface area (TPSA) is 80.6 Å². The van der Waals surface area contributed by atoms with Crippen LogP contribution in [0.5, 0.6) is 0 Å². The number of nitrogens with zero attached hydrogens (tertiary/aromatic N) is 3. The van der Waals surface area contributed by atoms with Gasteiger partial charge >= 0.3 is 0 Å². The molecule has 0 atom stereocenters. The van der Waals surface area contributed by atoms with Crippen LogP contribution in [0, 0.1) is 19.3 Å². The number of aryl methyl sites for hydroxylation is 4. The SMILES string of the molecule is CCc1cc(CC)n(-c2cc(C)nc(C)c2C(=N)N)n1. The summed E-state index contributed by atoms with van der Waals surface area (Å²) in [5.74, 6) is 0.0283. The summed E-state index contributed by atoms with van der Waals surface area (Å²) < 4.78 is 1.90. The molecule has 0 aromatic carbocycles. The largest absolute Gasteiger partial charge is 0.384 e. The molecule has 0 spiro atoms. The molecule has 0 saturated carbocycles. The Kier molecular flexibility index (Phi) is 3.88. The molecule has 0 fully saturated rings. The smallest absolute Gasteiger partial charge is 0.126 e. The van der Waals surface area contributed by atoms with E-state index in [1.165, 1.54) is 0 Å². The summed E-state index contributed by atoms with van der Waals surface area (Å²) in [6.07, 6.45) is 1.77. The maximum Gasteiger partial charge on any atom is 0.126 e. The molecule has 3 N–H and O–H groups in total. The van der Waals surface area contributed by atoms with Crippen molar-refractivity contribution in [2.75, 3.05) is 0 Å². The fraction of sp³-hybridized carbons (Fsp3) is 0.400. The summed E-state index contributed by atoms with van der Waals surface area (Å²) in [4.78, 5) is 4.40. The first-order valence-corrected chi connectivity index (χ1v) is 6.88. The van der Waals surface area contributed by atoms with Gasteiger partial charge in [-0.1, -0.05) is 13.8 Å². The Bertz CT molecular complexity index is 655. The molecule has 0 aliphatic heterocycles. The van der Waals surface area contributed by atoms with Crippen molar-refractivity contribution in [1.82, 2.24) is 14.8 Å². The van der Waals surface area contributed by atoms with Gasteiger partial charge < -0.3 is 5.73 Å². The van der Waals surface area contributed by atoms with Crippen molar-refractivity contribution in [2.24, 2.45) is 5.73 Å². The van der Waals surface area contributed by atoms with Crippen molar-refractivity contribution in [2.45, 2.75) is 40.5 Å². The van der Waals surface area contributed by atoms with Crippen molar-refractivity contribution < 1.29 is 0 Å². The average Bonchev–Trinajstić information content (AvgIpc) is 2.80. The van der Waals surface area contributed by atoms with Gasteiger partial charge in [0.1, 0.15) is 5.84 Å². The zero-order chi connectivity index (χ0) is 14.9. The highest BCUT2D eigenvalue weighted by Crippen LogP contribution is 2.21. The van der Waals surface area contributed by atoms with E-state index in [1.54, 1.807) is 0 Å². The molecule has 0 unspecified atom stereocenters. The molecule has 0 aliphatic rings. The maximum atomic E-state index is 7.81. The summed E-state index contributed by atoms with van der Waals surface area (Å²) in [5, 5.41) is 12.4. The van der Waals surface area contributed by atoms with Crippen LogP contribution in [0.2, 0.25) is 0 Å². The van der Waals surface area contributed by atoms with E-state index in [1.807, 2.05) is 24.6 Å². The minimum absolute atomic E-state index is 0.0283. The number of pyridine rings is 1. The van der Waals surface area contributed by atoms with Gasteiger partial charge in [-0.05, 0) is 38.8 Å². The number of nitrogens with two attached hydrogens (primary N) is 1. The molecule has 0 saturated heterocycles. The lowest BCUT2D eigenvalue weighted by molar-refractivity contribution is 0.787. The van der Waals surface area contributed by atoms with Gasteiger partial charge in [0.15, 0.2) is 0 Å². The standard InChI is InChI=1S/C15H21N5/c1-5-11-8-12(6-2)20(19-11)13-7-9(3)18-10(4)14(13)15(16)17/h7-8H,5-6H2,1-4H3,(H3,16,17). The van der Waals surface area contributed by atoms with Crippen molar-refractivity contribution in [3.8, 4) is 5.69 Å². The van der Waals surface area contributed by atoms with Gasteiger partial charge in [0.25, 0.3) is 0 Å². The Hall–Kier alpha value is -2.17. The van der Waals surface area contributed by atoms with E-state index < -0.39 is 0 Å². The fourth-order valence-corrected chi connectivity index (χ4v) is 2.42. The van der Waals surface area contributed by atoms with E-state index in [-0.39, 0.29) is 5.84 Å². The Morgan fingerprint density at radius 1 is 1.25 bits per heavy atom. The van der Waals surface area contributed by atoms with E-state index in [9.17, 15) is 0 Å². The first-order chi connectivity index (χ1) is 9.47. The molecule has 0 aliphatic carbocycles. The average molecular weight is 271 g/mol. The second-order valence-electron chi connectivity index (χ2n) is 4.90. The third-order valence-electron chi connectivity index (χ3n) is 3.36. The van der Waals surface area contributed by atoms with Crippen LogP contribution < -0.4 is 5.73 Å². The van der Waals surface area contributed by atoms with E-state index in [0.717, 1.165) is 41.3 Å². The summed E-state index contributed by atoms with van der Waals surface area (Å²) >= 11 is 0. The van der Waals surface area contributed by atoms with Crippen LogP contribution in [0.4, 0.5) is 0 Å². The van der Waals surface area contributed by atoms with E-state index in [4.69, 9.17) is 11.1 Å². The van der Waals surface area contributed by atoms with E-state index in [0.29, 0.717) is 5.56 Å². The number of aromatic nitrogens is 3. The van der Waals surface area contributed by atoms with E-state index >= 15 is 0 Å². The predicted molar refractivity (Wildman–Crippen MR) is 80.6 cm³/mol. The van der Waals surface area contributed by atoms with Crippen LogP contribution >= 0.6 is 0 Å². The van der Waals surface area contributed by atoms with Crippen molar-refractivity contribution in [3.63, 3.8) is 0 Å². The van der Waals surface area contributed by atoms with Crippen molar-refractivity contribution >= 4 is 5.84 Å². The van der Waals surface area contributed by atoms with Crippen LogP contribution in [0.15, 0.2) is 12.1 Å². The molecule has 2 aromatic rings. The second-order valence-corrected chi connectivity index (χ2v) is 4.90. The van der Waals surface area contributed by atoms with Crippen molar-refractivity contribution in [1.29, 1.82) is 5.41 Å². The first-order valence-electron chi connectivity index (χ1n) is 6.88. The van der Waals surface area contributed by atoms with Crippen LogP contribution in [-0.4, -0.2) is 20.6 Å². The minimum atomic E-state index is 0.0283. The number of nitrogen functional groups attached to an aromatic ring is 1. The van der Waals surface area contributed by atoms with Crippen molar-refractivity contribution in [3.05, 3.63) is 40.5 Å². The third-order valence-corrected chi connectivity index (χ3v) is 3.36. The number of amidine groups is 1. The number of nitrogens with one attached hydrogen (secondary N) is 1. The Balaban J connectivity index is 2.74. The number of rotatable bonds is 4. The van der Waals surface area contributed by atoms with Gasteiger partial charge in [-0.2, -0.15) is 5.10 Å². The molecule has 0 amide bonds. The predicted octanol–water partition coefficient (Wildman–Crippen LogP) is 2.29. The molecule has 106 valence electrons. The summed E-state index contributed by atoms with van der Waals surface area (Å²) in [7, 11) is 0. The lowest BCUT2D eigenvalue weighted by Gasteiger charge is -2.14. The monoisotopic (exact) mass is 271 g/mol. The minimum Gasteiger partial charge on any atom is -0.384 e. The normalized spacial score (nSPS) is 10.8. The fourth-order valence-electron chi connectivity index (χ4n) is 2.42. The Morgan fingerprint density at radius 2 is 1.95 bits per heavy atom. The lowest BCUT2D eigenvalue weighted by Crippen LogP contribution is -2.19. The Morgan fingerprint density at radius 3 is 2.50 bits per heavy atom. The molecule has 0 bridgehead atoms. The quantitative estimate of drug-likeness (QED) is 0.661. The number of hydrogen-bond donors (Lipinski definition) is 2. The molecule has 2 aromatic heterocycles. The third kappa shape index (κ3) is 2.43. The first kappa shape index (κ1) is 14.2. The molecule has 5 nitrogen and oxygen atoms in total. The molecule has 5 heteroatoms. The van der Waals surface area contributed by atoms with Crippen LogP contribution in [0.3, 0.4) is 0 Å². The van der Waals surface area contributed by atoms with Crippen LogP contribution in [0.1, 0.15) is 42.2 Å². The summed E-state index contributed by atoms with van der Waals surface area (Å²) in [6, 6.07) is 4.05. The van der Waals surface area contributed by atoms with Gasteiger partial charge in [0.2, 0.25) is 0 Å². The molecule has 2 rings (SSSR count). The molecule has 2 heterocycles. The zero-order valence-corrected chi connectivity index (χ0v) is 12.5. The second kappa shape index (κ2) is 5.45. The number of hydrogen-bond acceptors (Lipinski definition) is 3.